The molecule has 0 amide bonds. The van der Waals surface area contributed by atoms with Gasteiger partial charge in [0.25, 0.3) is 0 Å². The number of ether oxygens (including phenoxy) is 1. The van der Waals surface area contributed by atoms with E-state index in [4.69, 9.17) is 4.74 Å². The van der Waals surface area contributed by atoms with Crippen LogP contribution in [0.3, 0.4) is 0 Å². The first-order valence-electron chi connectivity index (χ1n) is 6.83. The number of sulfonamides is 1. The van der Waals surface area contributed by atoms with Crippen LogP contribution in [0.4, 0.5) is 0 Å². The van der Waals surface area contributed by atoms with Crippen molar-refractivity contribution in [3.8, 4) is 6.07 Å². The second-order valence-corrected chi connectivity index (χ2v) is 7.56. The minimum absolute atomic E-state index is 0.00987. The van der Waals surface area contributed by atoms with Gasteiger partial charge in [-0.1, -0.05) is 6.92 Å². The first kappa shape index (κ1) is 16.4. The van der Waals surface area contributed by atoms with Crippen molar-refractivity contribution in [3.05, 3.63) is 0 Å². The fraction of sp³-hybridized carbons (Fsp3) is 0.923. The smallest absolute Gasteiger partial charge is 0.215 e. The van der Waals surface area contributed by atoms with Crippen LogP contribution in [0, 0.1) is 17.2 Å². The molecule has 110 valence electrons. The van der Waals surface area contributed by atoms with Gasteiger partial charge in [-0.15, -0.1) is 0 Å². The summed E-state index contributed by atoms with van der Waals surface area (Å²) in [6.45, 7) is 6.01. The van der Waals surface area contributed by atoms with Crippen LogP contribution in [-0.2, 0) is 14.8 Å². The van der Waals surface area contributed by atoms with E-state index >= 15 is 0 Å². The summed E-state index contributed by atoms with van der Waals surface area (Å²) in [4.78, 5) is 0. The quantitative estimate of drug-likeness (QED) is 0.808. The van der Waals surface area contributed by atoms with Gasteiger partial charge in [0.2, 0.25) is 10.0 Å². The van der Waals surface area contributed by atoms with Crippen LogP contribution in [-0.4, -0.2) is 32.4 Å². The maximum absolute atomic E-state index is 12.0. The van der Waals surface area contributed by atoms with E-state index in [0.29, 0.717) is 18.8 Å². The van der Waals surface area contributed by atoms with E-state index in [0.717, 1.165) is 12.8 Å². The topological polar surface area (TPSA) is 79.2 Å². The molecule has 0 spiro atoms. The molecular weight excluding hydrogens is 264 g/mol. The van der Waals surface area contributed by atoms with Gasteiger partial charge < -0.3 is 4.74 Å². The van der Waals surface area contributed by atoms with Crippen molar-refractivity contribution in [2.75, 3.05) is 12.4 Å². The lowest BCUT2D eigenvalue weighted by atomic mass is 9.79. The Labute approximate surface area is 116 Å². The molecule has 0 atom stereocenters. The maximum atomic E-state index is 12.0. The van der Waals surface area contributed by atoms with Crippen LogP contribution in [0.2, 0.25) is 0 Å². The van der Waals surface area contributed by atoms with Crippen LogP contribution < -0.4 is 4.72 Å². The van der Waals surface area contributed by atoms with Crippen LogP contribution in [0.1, 0.15) is 46.5 Å². The third-order valence-electron chi connectivity index (χ3n) is 3.50. The molecule has 0 aromatic carbocycles. The lowest BCUT2D eigenvalue weighted by molar-refractivity contribution is 0.0910. The molecule has 0 bridgehead atoms. The monoisotopic (exact) mass is 288 g/mol. The minimum Gasteiger partial charge on any atom is -0.378 e. The molecular formula is C13H24N2O3S. The molecule has 0 aliphatic heterocycles. The van der Waals surface area contributed by atoms with Crippen molar-refractivity contribution < 1.29 is 13.2 Å². The van der Waals surface area contributed by atoms with Crippen LogP contribution in [0.25, 0.3) is 0 Å². The fourth-order valence-corrected chi connectivity index (χ4v) is 3.50. The molecule has 1 saturated carbocycles. The number of nitrogens with one attached hydrogen (secondary N) is 1. The zero-order valence-corrected chi connectivity index (χ0v) is 12.8. The highest BCUT2D eigenvalue weighted by Crippen LogP contribution is 2.31. The Morgan fingerprint density at radius 3 is 2.47 bits per heavy atom. The fourth-order valence-electron chi connectivity index (χ4n) is 2.23. The van der Waals surface area contributed by atoms with Gasteiger partial charge in [-0.3, -0.25) is 0 Å². The predicted octanol–water partition coefficient (Wildman–Crippen LogP) is 1.80. The molecule has 0 aromatic rings. The SMILES string of the molecule is CC1CCC(C#N)(NS(=O)(=O)CCOC(C)C)CC1. The van der Waals surface area contributed by atoms with Gasteiger partial charge in [-0.2, -0.15) is 9.98 Å². The Kier molecular flexibility index (Phi) is 5.78. The summed E-state index contributed by atoms with van der Waals surface area (Å²) in [6.07, 6.45) is 2.97. The summed E-state index contributed by atoms with van der Waals surface area (Å²) in [5, 5.41) is 9.30. The normalized spacial score (nSPS) is 28.3. The Morgan fingerprint density at radius 2 is 2.00 bits per heavy atom. The molecule has 1 aliphatic carbocycles. The van der Waals surface area contributed by atoms with Gasteiger partial charge in [0.1, 0.15) is 5.54 Å². The van der Waals surface area contributed by atoms with E-state index in [1.165, 1.54) is 0 Å². The van der Waals surface area contributed by atoms with Gasteiger partial charge in [0, 0.05) is 0 Å². The summed E-state index contributed by atoms with van der Waals surface area (Å²) in [6, 6.07) is 2.16. The Bertz CT molecular complexity index is 418. The van der Waals surface area contributed by atoms with Crippen molar-refractivity contribution in [3.63, 3.8) is 0 Å². The molecule has 5 nitrogen and oxygen atoms in total. The van der Waals surface area contributed by atoms with Gasteiger partial charge in [0.05, 0.1) is 24.5 Å². The molecule has 0 aromatic heterocycles. The van der Waals surface area contributed by atoms with Crippen molar-refractivity contribution in [1.82, 2.24) is 4.72 Å². The van der Waals surface area contributed by atoms with Gasteiger partial charge in [-0.25, -0.2) is 8.42 Å². The van der Waals surface area contributed by atoms with Gasteiger partial charge >= 0.3 is 0 Å². The number of nitriles is 1. The lowest BCUT2D eigenvalue weighted by Gasteiger charge is -2.34. The third kappa shape index (κ3) is 5.47. The van der Waals surface area contributed by atoms with Crippen LogP contribution >= 0.6 is 0 Å². The summed E-state index contributed by atoms with van der Waals surface area (Å²) in [5.41, 5.74) is -0.914. The first-order valence-corrected chi connectivity index (χ1v) is 8.48. The van der Waals surface area contributed by atoms with E-state index in [1.807, 2.05) is 13.8 Å². The largest absolute Gasteiger partial charge is 0.378 e. The minimum atomic E-state index is -3.46. The summed E-state index contributed by atoms with van der Waals surface area (Å²) < 4.78 is 31.8. The lowest BCUT2D eigenvalue weighted by Crippen LogP contribution is -2.50. The Hall–Kier alpha value is -0.640. The second kappa shape index (κ2) is 6.69. The van der Waals surface area contributed by atoms with Crippen molar-refractivity contribution in [2.45, 2.75) is 58.1 Å². The van der Waals surface area contributed by atoms with Gasteiger partial charge in [0.15, 0.2) is 0 Å². The van der Waals surface area contributed by atoms with E-state index in [-0.39, 0.29) is 18.5 Å². The standard InChI is InChI=1S/C13H24N2O3S/c1-11(2)18-8-9-19(16,17)15-13(10-14)6-4-12(3)5-7-13/h11-12,15H,4-9H2,1-3H3. The number of hydrogen-bond acceptors (Lipinski definition) is 4. The summed E-state index contributed by atoms with van der Waals surface area (Å²) >= 11 is 0. The molecule has 0 saturated heterocycles. The number of hydrogen-bond donors (Lipinski definition) is 1. The maximum Gasteiger partial charge on any atom is 0.215 e. The van der Waals surface area contributed by atoms with Crippen molar-refractivity contribution in [1.29, 1.82) is 5.26 Å². The molecule has 6 heteroatoms. The zero-order valence-electron chi connectivity index (χ0n) is 12.0. The van der Waals surface area contributed by atoms with E-state index in [9.17, 15) is 13.7 Å². The second-order valence-electron chi connectivity index (χ2n) is 5.72. The highest BCUT2D eigenvalue weighted by molar-refractivity contribution is 7.89. The van der Waals surface area contributed by atoms with E-state index in [2.05, 4.69) is 17.7 Å². The molecule has 19 heavy (non-hydrogen) atoms. The van der Waals surface area contributed by atoms with Crippen LogP contribution in [0.5, 0.6) is 0 Å². The highest BCUT2D eigenvalue weighted by Gasteiger charge is 2.37. The predicted molar refractivity (Wildman–Crippen MR) is 74.0 cm³/mol. The molecule has 0 heterocycles. The van der Waals surface area contributed by atoms with Crippen molar-refractivity contribution >= 4 is 10.0 Å². The Balaban J connectivity index is 2.57. The van der Waals surface area contributed by atoms with E-state index < -0.39 is 15.6 Å². The van der Waals surface area contributed by atoms with Gasteiger partial charge in [-0.05, 0) is 45.4 Å². The zero-order chi connectivity index (χ0) is 14.5. The molecule has 1 N–H and O–H groups in total. The first-order chi connectivity index (χ1) is 8.79. The average Bonchev–Trinajstić information content (AvgIpc) is 2.31. The molecule has 1 rings (SSSR count). The molecule has 1 fully saturated rings. The molecule has 0 unspecified atom stereocenters. The molecule has 1 aliphatic rings. The Morgan fingerprint density at radius 1 is 1.42 bits per heavy atom. The van der Waals surface area contributed by atoms with Crippen LogP contribution in [0.15, 0.2) is 0 Å². The number of rotatable bonds is 6. The average molecular weight is 288 g/mol. The molecule has 0 radical (unpaired) electrons. The summed E-state index contributed by atoms with van der Waals surface area (Å²) in [7, 11) is -3.46. The summed E-state index contributed by atoms with van der Waals surface area (Å²) in [5.74, 6) is 0.472. The third-order valence-corrected chi connectivity index (χ3v) is 4.90. The number of nitrogens with zero attached hydrogens (tertiary/aromatic N) is 1. The highest BCUT2D eigenvalue weighted by atomic mass is 32.2. The van der Waals surface area contributed by atoms with Crippen molar-refractivity contribution in [2.24, 2.45) is 5.92 Å². The van der Waals surface area contributed by atoms with E-state index in [1.54, 1.807) is 0 Å².